The van der Waals surface area contributed by atoms with Crippen molar-refractivity contribution in [3.63, 3.8) is 0 Å². The second-order valence-corrected chi connectivity index (χ2v) is 9.25. The van der Waals surface area contributed by atoms with Crippen LogP contribution in [0.15, 0.2) is 41.6 Å². The molecule has 7 nitrogen and oxygen atoms in total. The van der Waals surface area contributed by atoms with Crippen LogP contribution in [0.2, 0.25) is 0 Å². The molecule has 3 heterocycles. The summed E-state index contributed by atoms with van der Waals surface area (Å²) in [7, 11) is 0. The van der Waals surface area contributed by atoms with Crippen LogP contribution in [0.25, 0.3) is 21.1 Å². The summed E-state index contributed by atoms with van der Waals surface area (Å²) in [6.07, 6.45) is 8.08. The van der Waals surface area contributed by atoms with Crippen LogP contribution in [0.1, 0.15) is 57.7 Å². The molecule has 1 aliphatic rings. The van der Waals surface area contributed by atoms with E-state index in [1.807, 2.05) is 24.3 Å². The maximum atomic E-state index is 13.2. The number of ketones is 1. The van der Waals surface area contributed by atoms with Crippen LogP contribution in [0.4, 0.5) is 0 Å². The van der Waals surface area contributed by atoms with Crippen molar-refractivity contribution in [1.82, 2.24) is 14.5 Å². The Hall–Kier alpha value is -3.26. The van der Waals surface area contributed by atoms with E-state index < -0.39 is 5.97 Å². The van der Waals surface area contributed by atoms with Crippen LogP contribution < -0.4 is 5.56 Å². The molecule has 0 aliphatic heterocycles. The lowest BCUT2D eigenvalue weighted by atomic mass is 9.98. The summed E-state index contributed by atoms with van der Waals surface area (Å²) in [6, 6.07) is 7.53. The van der Waals surface area contributed by atoms with Crippen molar-refractivity contribution in [2.24, 2.45) is 0 Å². The number of hydrogen-bond acceptors (Lipinski definition) is 6. The number of aryl methyl sites for hydroxylation is 1. The van der Waals surface area contributed by atoms with E-state index >= 15 is 0 Å². The van der Waals surface area contributed by atoms with Gasteiger partial charge in [-0.1, -0.05) is 24.6 Å². The van der Waals surface area contributed by atoms with Crippen LogP contribution >= 0.6 is 11.3 Å². The van der Waals surface area contributed by atoms with Crippen molar-refractivity contribution >= 4 is 44.2 Å². The Labute approximate surface area is 188 Å². The van der Waals surface area contributed by atoms with Crippen LogP contribution in [0.3, 0.4) is 0 Å². The molecular formula is C24H23N3O4S. The summed E-state index contributed by atoms with van der Waals surface area (Å²) in [4.78, 5) is 47.2. The van der Waals surface area contributed by atoms with E-state index in [-0.39, 0.29) is 24.0 Å². The Balaban J connectivity index is 1.43. The molecule has 8 heteroatoms. The first-order valence-electron chi connectivity index (χ1n) is 10.8. The number of benzene rings is 1. The lowest BCUT2D eigenvalue weighted by molar-refractivity contribution is 0.0216. The van der Waals surface area contributed by atoms with Gasteiger partial charge in [-0.2, -0.15) is 0 Å². The fourth-order valence-corrected chi connectivity index (χ4v) is 5.42. The Morgan fingerprint density at radius 3 is 2.81 bits per heavy atom. The third kappa shape index (κ3) is 3.64. The van der Waals surface area contributed by atoms with Crippen molar-refractivity contribution in [1.29, 1.82) is 0 Å². The number of nitrogens with zero attached hydrogens (tertiary/aromatic N) is 2. The number of Topliss-reactive ketones (excluding diaryl/α,β-unsaturated/α-hetero) is 1. The summed E-state index contributed by atoms with van der Waals surface area (Å²) in [5.74, 6) is -0.575. The van der Waals surface area contributed by atoms with Crippen LogP contribution in [-0.2, 0) is 11.3 Å². The fraction of sp³-hybridized carbons (Fsp3) is 0.333. The lowest BCUT2D eigenvalue weighted by Gasteiger charge is -2.21. The maximum absolute atomic E-state index is 13.2. The normalized spacial score (nSPS) is 14.8. The number of thiophene rings is 1. The van der Waals surface area contributed by atoms with Gasteiger partial charge in [0.2, 0.25) is 0 Å². The summed E-state index contributed by atoms with van der Waals surface area (Å²) in [5, 5.41) is 1.19. The number of esters is 1. The zero-order valence-electron chi connectivity index (χ0n) is 17.7. The second-order valence-electron chi connectivity index (χ2n) is 8.25. The standard InChI is InChI=1S/C24H23N3O4S/c1-14-20-22(32-21(14)24(30)31-15-7-3-2-4-8-15)26-13-27(23(20)29)12-19(28)17-11-25-18-10-6-5-9-16(17)18/h5-6,9-11,13,15,25H,2-4,7-8,12H2,1H3. The first-order valence-corrected chi connectivity index (χ1v) is 11.6. The molecule has 1 aliphatic carbocycles. The highest BCUT2D eigenvalue weighted by Crippen LogP contribution is 2.29. The number of aromatic nitrogens is 3. The summed E-state index contributed by atoms with van der Waals surface area (Å²) >= 11 is 1.17. The number of para-hydroxylation sites is 1. The number of fused-ring (bicyclic) bond motifs is 2. The summed E-state index contributed by atoms with van der Waals surface area (Å²) < 4.78 is 7.00. The number of rotatable bonds is 5. The van der Waals surface area contributed by atoms with Crippen LogP contribution in [0.5, 0.6) is 0 Å². The highest BCUT2D eigenvalue weighted by molar-refractivity contribution is 7.20. The molecule has 0 saturated heterocycles. The zero-order chi connectivity index (χ0) is 22.2. The van der Waals surface area contributed by atoms with Crippen LogP contribution in [-0.4, -0.2) is 32.4 Å². The third-order valence-corrected chi connectivity index (χ3v) is 7.31. The largest absolute Gasteiger partial charge is 0.458 e. The maximum Gasteiger partial charge on any atom is 0.348 e. The number of hydrogen-bond donors (Lipinski definition) is 1. The Kier molecular flexibility index (Phi) is 5.38. The van der Waals surface area contributed by atoms with Gasteiger partial charge < -0.3 is 9.72 Å². The molecule has 0 bridgehead atoms. The second kappa shape index (κ2) is 8.35. The topological polar surface area (TPSA) is 94.0 Å². The average Bonchev–Trinajstić information content (AvgIpc) is 3.38. The van der Waals surface area contributed by atoms with Gasteiger partial charge in [-0.3, -0.25) is 14.2 Å². The quantitative estimate of drug-likeness (QED) is 0.354. The van der Waals surface area contributed by atoms with Gasteiger partial charge in [0.15, 0.2) is 5.78 Å². The molecule has 1 saturated carbocycles. The Bertz CT molecular complexity index is 1390. The first kappa shape index (κ1) is 20.6. The molecule has 5 rings (SSSR count). The molecule has 1 aromatic carbocycles. The van der Waals surface area contributed by atoms with Crippen LogP contribution in [0, 0.1) is 6.92 Å². The van der Waals surface area contributed by atoms with Gasteiger partial charge in [0, 0.05) is 22.7 Å². The number of ether oxygens (including phenoxy) is 1. The van der Waals surface area contributed by atoms with Gasteiger partial charge in [-0.05, 0) is 44.2 Å². The molecular weight excluding hydrogens is 426 g/mol. The molecule has 32 heavy (non-hydrogen) atoms. The fourth-order valence-electron chi connectivity index (χ4n) is 4.40. The molecule has 3 aromatic heterocycles. The van der Waals surface area contributed by atoms with Gasteiger partial charge in [0.1, 0.15) is 15.8 Å². The summed E-state index contributed by atoms with van der Waals surface area (Å²) in [6.45, 7) is 1.62. The van der Waals surface area contributed by atoms with Gasteiger partial charge in [0.25, 0.3) is 5.56 Å². The van der Waals surface area contributed by atoms with Crippen molar-refractivity contribution in [3.05, 3.63) is 63.1 Å². The number of H-pyrrole nitrogens is 1. The minimum Gasteiger partial charge on any atom is -0.458 e. The Morgan fingerprint density at radius 1 is 1.22 bits per heavy atom. The minimum atomic E-state index is -0.391. The molecule has 1 fully saturated rings. The van der Waals surface area contributed by atoms with E-state index in [2.05, 4.69) is 9.97 Å². The molecule has 0 unspecified atom stereocenters. The van der Waals surface area contributed by atoms with Gasteiger partial charge in [-0.15, -0.1) is 11.3 Å². The molecule has 0 amide bonds. The Morgan fingerprint density at radius 2 is 2.00 bits per heavy atom. The lowest BCUT2D eigenvalue weighted by Crippen LogP contribution is -2.24. The van der Waals surface area contributed by atoms with E-state index in [0.29, 0.717) is 26.2 Å². The van der Waals surface area contributed by atoms with Crippen molar-refractivity contribution < 1.29 is 14.3 Å². The van der Waals surface area contributed by atoms with Gasteiger partial charge in [0.05, 0.1) is 18.3 Å². The average molecular weight is 450 g/mol. The molecule has 0 radical (unpaired) electrons. The molecule has 0 atom stereocenters. The van der Waals surface area contributed by atoms with Gasteiger partial charge in [-0.25, -0.2) is 9.78 Å². The number of carbonyl (C=O) groups is 2. The monoisotopic (exact) mass is 449 g/mol. The molecule has 0 spiro atoms. The smallest absolute Gasteiger partial charge is 0.348 e. The number of nitrogens with one attached hydrogen (secondary N) is 1. The van der Waals surface area contributed by atoms with E-state index in [9.17, 15) is 14.4 Å². The van der Waals surface area contributed by atoms with Crippen molar-refractivity contribution in [2.45, 2.75) is 51.7 Å². The summed E-state index contributed by atoms with van der Waals surface area (Å²) in [5.41, 5.74) is 1.64. The number of aromatic amines is 1. The first-order chi connectivity index (χ1) is 15.5. The predicted octanol–water partition coefficient (Wildman–Crippen LogP) is 4.62. The van der Waals surface area contributed by atoms with Crippen molar-refractivity contribution in [3.8, 4) is 0 Å². The van der Waals surface area contributed by atoms with E-state index in [4.69, 9.17) is 4.74 Å². The number of carbonyl (C=O) groups excluding carboxylic acids is 2. The molecule has 4 aromatic rings. The van der Waals surface area contributed by atoms with E-state index in [1.165, 1.54) is 28.7 Å². The minimum absolute atomic E-state index is 0.0562. The molecule has 164 valence electrons. The SMILES string of the molecule is Cc1c(C(=O)OC2CCCCC2)sc2ncn(CC(=O)c3c[nH]c4ccccc34)c(=O)c12. The highest BCUT2D eigenvalue weighted by atomic mass is 32.1. The van der Waals surface area contributed by atoms with Gasteiger partial charge >= 0.3 is 5.97 Å². The van der Waals surface area contributed by atoms with E-state index in [1.54, 1.807) is 13.1 Å². The molecule has 1 N–H and O–H groups in total. The highest BCUT2D eigenvalue weighted by Gasteiger charge is 2.25. The van der Waals surface area contributed by atoms with E-state index in [0.717, 1.165) is 36.6 Å². The predicted molar refractivity (Wildman–Crippen MR) is 124 cm³/mol. The third-order valence-electron chi connectivity index (χ3n) is 6.13. The van der Waals surface area contributed by atoms with Crippen molar-refractivity contribution in [2.75, 3.05) is 0 Å². The zero-order valence-corrected chi connectivity index (χ0v) is 18.5.